The molecule has 1 saturated carbocycles. The summed E-state index contributed by atoms with van der Waals surface area (Å²) in [6.45, 7) is 3.32. The van der Waals surface area contributed by atoms with Crippen LogP contribution in [0.3, 0.4) is 0 Å². The number of rotatable bonds is 5. The van der Waals surface area contributed by atoms with E-state index in [4.69, 9.17) is 4.98 Å². The normalized spacial score (nSPS) is 24.6. The van der Waals surface area contributed by atoms with Crippen molar-refractivity contribution in [3.63, 3.8) is 0 Å². The molecule has 1 atom stereocenters. The van der Waals surface area contributed by atoms with E-state index in [-0.39, 0.29) is 0 Å². The minimum atomic E-state index is 0.620. The Balaban J connectivity index is 1.57. The first-order valence-corrected chi connectivity index (χ1v) is 8.19. The first-order chi connectivity index (χ1) is 9.22. The van der Waals surface area contributed by atoms with Gasteiger partial charge in [0.25, 0.3) is 0 Å². The summed E-state index contributed by atoms with van der Waals surface area (Å²) in [5, 5.41) is 6.91. The second kappa shape index (κ2) is 5.77. The molecule has 1 aliphatic heterocycles. The lowest BCUT2D eigenvalue weighted by atomic mass is 10.1. The fourth-order valence-electron chi connectivity index (χ4n) is 2.69. The number of nitrogens with zero attached hydrogens (tertiary/aromatic N) is 3. The Hall–Kier alpha value is -0.650. The molecule has 0 bridgehead atoms. The van der Waals surface area contributed by atoms with Gasteiger partial charge in [0.2, 0.25) is 0 Å². The quantitative estimate of drug-likeness (QED) is 0.893. The summed E-state index contributed by atoms with van der Waals surface area (Å²) in [6.07, 6.45) is 5.26. The number of thiazole rings is 1. The highest BCUT2D eigenvalue weighted by molar-refractivity contribution is 7.13. The van der Waals surface area contributed by atoms with Crippen molar-refractivity contribution in [3.8, 4) is 0 Å². The molecule has 1 unspecified atom stereocenters. The van der Waals surface area contributed by atoms with Crippen molar-refractivity contribution < 1.29 is 0 Å². The highest BCUT2D eigenvalue weighted by Gasteiger charge is 2.24. The Labute approximate surface area is 119 Å². The summed E-state index contributed by atoms with van der Waals surface area (Å²) in [7, 11) is 4.41. The van der Waals surface area contributed by atoms with Crippen LogP contribution in [0.25, 0.3) is 0 Å². The summed E-state index contributed by atoms with van der Waals surface area (Å²) in [4.78, 5) is 9.57. The standard InChI is InChI=1S/C14H24N4S/c1-17-7-3-4-13(9-17)18(2)14-16-12(10-19-14)8-15-11-5-6-11/h10-11,13,15H,3-9H2,1-2H3. The molecule has 2 fully saturated rings. The van der Waals surface area contributed by atoms with Crippen LogP contribution in [0.4, 0.5) is 5.13 Å². The van der Waals surface area contributed by atoms with Crippen LogP contribution in [0.5, 0.6) is 0 Å². The van der Waals surface area contributed by atoms with Crippen LogP contribution < -0.4 is 10.2 Å². The maximum Gasteiger partial charge on any atom is 0.185 e. The third-order valence-electron chi connectivity index (χ3n) is 4.14. The molecule has 1 saturated heterocycles. The average Bonchev–Trinajstić information content (AvgIpc) is 3.13. The second-order valence-electron chi connectivity index (χ2n) is 5.95. The van der Waals surface area contributed by atoms with Crippen LogP contribution in [0.1, 0.15) is 31.4 Å². The average molecular weight is 280 g/mol. The predicted molar refractivity (Wildman–Crippen MR) is 80.9 cm³/mol. The zero-order valence-electron chi connectivity index (χ0n) is 11.9. The van der Waals surface area contributed by atoms with Gasteiger partial charge in [-0.2, -0.15) is 0 Å². The van der Waals surface area contributed by atoms with E-state index in [0.717, 1.165) is 19.1 Å². The van der Waals surface area contributed by atoms with Gasteiger partial charge in [0.1, 0.15) is 0 Å². The van der Waals surface area contributed by atoms with Crippen molar-refractivity contribution in [3.05, 3.63) is 11.1 Å². The van der Waals surface area contributed by atoms with Gasteiger partial charge in [-0.15, -0.1) is 11.3 Å². The molecular weight excluding hydrogens is 256 g/mol. The van der Waals surface area contributed by atoms with Crippen LogP contribution in [0.2, 0.25) is 0 Å². The van der Waals surface area contributed by atoms with Crippen molar-refractivity contribution in [1.29, 1.82) is 0 Å². The van der Waals surface area contributed by atoms with Gasteiger partial charge >= 0.3 is 0 Å². The lowest BCUT2D eigenvalue weighted by molar-refractivity contribution is 0.248. The van der Waals surface area contributed by atoms with Crippen molar-refractivity contribution in [1.82, 2.24) is 15.2 Å². The van der Waals surface area contributed by atoms with Crippen molar-refractivity contribution in [2.24, 2.45) is 0 Å². The first kappa shape index (κ1) is 13.3. The van der Waals surface area contributed by atoms with Crippen LogP contribution in [0, 0.1) is 0 Å². The monoisotopic (exact) mass is 280 g/mol. The van der Waals surface area contributed by atoms with E-state index in [1.807, 2.05) is 0 Å². The minimum Gasteiger partial charge on any atom is -0.347 e. The van der Waals surface area contributed by atoms with Crippen LogP contribution >= 0.6 is 11.3 Å². The van der Waals surface area contributed by atoms with Gasteiger partial charge in [-0.25, -0.2) is 4.98 Å². The number of anilines is 1. The topological polar surface area (TPSA) is 31.4 Å². The maximum absolute atomic E-state index is 4.77. The van der Waals surface area contributed by atoms with Gasteiger partial charge in [-0.1, -0.05) is 0 Å². The molecule has 19 heavy (non-hydrogen) atoms. The smallest absolute Gasteiger partial charge is 0.185 e. The minimum absolute atomic E-state index is 0.620. The molecule has 4 nitrogen and oxygen atoms in total. The third-order valence-corrected chi connectivity index (χ3v) is 5.12. The van der Waals surface area contributed by atoms with E-state index in [0.29, 0.717) is 6.04 Å². The fourth-order valence-corrected chi connectivity index (χ4v) is 3.55. The number of hydrogen-bond donors (Lipinski definition) is 1. The molecule has 2 aliphatic rings. The zero-order valence-corrected chi connectivity index (χ0v) is 12.7. The molecule has 1 aliphatic carbocycles. The summed E-state index contributed by atoms with van der Waals surface area (Å²) in [5.74, 6) is 0. The van der Waals surface area contributed by atoms with Gasteiger partial charge in [-0.3, -0.25) is 0 Å². The number of likely N-dealkylation sites (N-methyl/N-ethyl adjacent to an activating group) is 2. The molecule has 0 spiro atoms. The van der Waals surface area contributed by atoms with Gasteiger partial charge in [0.05, 0.1) is 5.69 Å². The summed E-state index contributed by atoms with van der Waals surface area (Å²) >= 11 is 1.78. The Morgan fingerprint density at radius 1 is 1.47 bits per heavy atom. The molecule has 3 rings (SSSR count). The first-order valence-electron chi connectivity index (χ1n) is 7.31. The van der Waals surface area contributed by atoms with E-state index in [1.165, 1.54) is 43.1 Å². The summed E-state index contributed by atoms with van der Waals surface area (Å²) in [6, 6.07) is 1.38. The Morgan fingerprint density at radius 2 is 2.32 bits per heavy atom. The molecule has 5 heteroatoms. The van der Waals surface area contributed by atoms with Gasteiger partial charge in [0.15, 0.2) is 5.13 Å². The SMILES string of the molecule is CN1CCCC(N(C)c2nc(CNC3CC3)cs2)C1. The van der Waals surface area contributed by atoms with Gasteiger partial charge in [-0.05, 0) is 39.3 Å². The molecule has 2 heterocycles. The Kier molecular flexibility index (Phi) is 4.05. The van der Waals surface area contributed by atoms with Crippen LogP contribution in [-0.4, -0.2) is 49.2 Å². The molecule has 0 aromatic carbocycles. The number of aromatic nitrogens is 1. The molecule has 1 aromatic rings. The third kappa shape index (κ3) is 3.46. The van der Waals surface area contributed by atoms with E-state index >= 15 is 0 Å². The van der Waals surface area contributed by atoms with Gasteiger partial charge < -0.3 is 15.1 Å². The number of hydrogen-bond acceptors (Lipinski definition) is 5. The molecule has 1 aromatic heterocycles. The fraction of sp³-hybridized carbons (Fsp3) is 0.786. The predicted octanol–water partition coefficient (Wildman–Crippen LogP) is 1.93. The molecular formula is C14H24N4S. The van der Waals surface area contributed by atoms with E-state index < -0.39 is 0 Å². The highest BCUT2D eigenvalue weighted by atomic mass is 32.1. The highest BCUT2D eigenvalue weighted by Crippen LogP contribution is 2.25. The molecule has 106 valence electrons. The number of likely N-dealkylation sites (tertiary alicyclic amines) is 1. The second-order valence-corrected chi connectivity index (χ2v) is 6.78. The largest absolute Gasteiger partial charge is 0.347 e. The van der Waals surface area contributed by atoms with Crippen LogP contribution in [-0.2, 0) is 6.54 Å². The van der Waals surface area contributed by atoms with E-state index in [2.05, 4.69) is 34.6 Å². The van der Waals surface area contributed by atoms with Gasteiger partial charge in [0, 0.05) is 37.6 Å². The number of piperidine rings is 1. The molecule has 0 radical (unpaired) electrons. The zero-order chi connectivity index (χ0) is 13.2. The summed E-state index contributed by atoms with van der Waals surface area (Å²) < 4.78 is 0. The van der Waals surface area contributed by atoms with E-state index in [9.17, 15) is 0 Å². The maximum atomic E-state index is 4.77. The molecule has 1 N–H and O–H groups in total. The van der Waals surface area contributed by atoms with Crippen LogP contribution in [0.15, 0.2) is 5.38 Å². The summed E-state index contributed by atoms with van der Waals surface area (Å²) in [5.41, 5.74) is 1.20. The van der Waals surface area contributed by atoms with E-state index in [1.54, 1.807) is 11.3 Å². The molecule has 0 amide bonds. The lowest BCUT2D eigenvalue weighted by Crippen LogP contribution is -2.45. The Bertz CT molecular complexity index is 415. The lowest BCUT2D eigenvalue weighted by Gasteiger charge is -2.35. The Morgan fingerprint density at radius 3 is 3.05 bits per heavy atom. The number of nitrogens with one attached hydrogen (secondary N) is 1. The van der Waals surface area contributed by atoms with Crippen molar-refractivity contribution in [2.45, 2.75) is 44.3 Å². The van der Waals surface area contributed by atoms with Crippen molar-refractivity contribution in [2.75, 3.05) is 32.1 Å². The van der Waals surface area contributed by atoms with Crippen molar-refractivity contribution >= 4 is 16.5 Å².